The van der Waals surface area contributed by atoms with Crippen molar-refractivity contribution in [2.75, 3.05) is 0 Å². The smallest absolute Gasteiger partial charge is 0.268 e. The zero-order valence-corrected chi connectivity index (χ0v) is 19.9. The highest BCUT2D eigenvalue weighted by molar-refractivity contribution is 8.02. The molecule has 2 aromatic rings. The molecule has 0 N–H and O–H groups in total. The molecule has 0 saturated heterocycles. The quantitative estimate of drug-likeness (QED) is 0.150. The summed E-state index contributed by atoms with van der Waals surface area (Å²) in [5, 5.41) is -0.411. The molecule has 2 aliphatic rings. The van der Waals surface area contributed by atoms with Gasteiger partial charge in [0.05, 0.1) is 22.3 Å². The van der Waals surface area contributed by atoms with Crippen molar-refractivity contribution < 1.29 is 28.0 Å². The van der Waals surface area contributed by atoms with E-state index in [1.165, 1.54) is 18.2 Å². The van der Waals surface area contributed by atoms with Gasteiger partial charge in [-0.15, -0.1) is 5.12 Å². The van der Waals surface area contributed by atoms with Crippen molar-refractivity contribution >= 4 is 93.7 Å². The van der Waals surface area contributed by atoms with E-state index >= 15 is 0 Å². The van der Waals surface area contributed by atoms with E-state index in [0.29, 0.717) is 9.20 Å². The third kappa shape index (κ3) is 5.16. The Hall–Kier alpha value is -1.56. The van der Waals surface area contributed by atoms with Gasteiger partial charge in [-0.3, -0.25) is 19.2 Å². The number of nitrogens with zero attached hydrogens (tertiary/aromatic N) is 2. The molecule has 4 amide bonds. The molecule has 0 atom stereocenters. The Morgan fingerprint density at radius 3 is 1.84 bits per heavy atom. The minimum Gasteiger partial charge on any atom is -0.268 e. The second kappa shape index (κ2) is 9.74. The Morgan fingerprint density at radius 2 is 1.34 bits per heavy atom. The minimum atomic E-state index is -2.71. The maximum Gasteiger partial charge on any atom is 0.324 e. The zero-order chi connectivity index (χ0) is 23.8. The third-order valence-electron chi connectivity index (χ3n) is 3.99. The van der Waals surface area contributed by atoms with Gasteiger partial charge in [-0.05, 0) is 24.3 Å². The number of fused-ring (bicyclic) bond motifs is 2. The lowest BCUT2D eigenvalue weighted by atomic mass is 10.1. The number of halogens is 6. The van der Waals surface area contributed by atoms with Crippen LogP contribution in [0.3, 0.4) is 0 Å². The van der Waals surface area contributed by atoms with Crippen LogP contribution in [0.2, 0.25) is 0 Å². The highest BCUT2D eigenvalue weighted by Crippen LogP contribution is 2.42. The van der Waals surface area contributed by atoms with E-state index in [1.807, 2.05) is 0 Å². The second-order valence-corrected chi connectivity index (χ2v) is 11.5. The number of carbonyl (C=O) groups is 4. The Balaban J connectivity index is 0.000000181. The van der Waals surface area contributed by atoms with E-state index < -0.39 is 36.8 Å². The van der Waals surface area contributed by atoms with Gasteiger partial charge >= 0.3 is 3.92 Å². The lowest BCUT2D eigenvalue weighted by Gasteiger charge is -2.15. The van der Waals surface area contributed by atoms with Crippen LogP contribution >= 0.6 is 70.1 Å². The number of rotatable bonds is 4. The summed E-state index contributed by atoms with van der Waals surface area (Å²) >= 11 is 22.4. The first-order chi connectivity index (χ1) is 14.9. The van der Waals surface area contributed by atoms with Crippen molar-refractivity contribution in [2.24, 2.45) is 0 Å². The summed E-state index contributed by atoms with van der Waals surface area (Å²) in [4.78, 5) is 46.5. The van der Waals surface area contributed by atoms with Crippen LogP contribution in [0, 0.1) is 0 Å². The first-order valence-corrected chi connectivity index (χ1v) is 11.6. The molecular weight excluding hydrogens is 552 g/mol. The molecule has 0 radical (unpaired) electrons. The first kappa shape index (κ1) is 25.1. The first-order valence-electron chi connectivity index (χ1n) is 8.28. The number of imide groups is 2. The van der Waals surface area contributed by atoms with Gasteiger partial charge in [-0.1, -0.05) is 80.8 Å². The lowest BCUT2D eigenvalue weighted by Crippen LogP contribution is -2.25. The van der Waals surface area contributed by atoms with Crippen LogP contribution in [0.5, 0.6) is 0 Å². The van der Waals surface area contributed by atoms with Crippen molar-refractivity contribution in [3.63, 3.8) is 0 Å². The summed E-state index contributed by atoms with van der Waals surface area (Å²) in [5.74, 6) is -3.16. The van der Waals surface area contributed by atoms with Crippen LogP contribution in [0.15, 0.2) is 47.4 Å². The summed E-state index contributed by atoms with van der Waals surface area (Å²) in [7, 11) is 0. The molecule has 0 aliphatic carbocycles. The Bertz CT molecular complexity index is 1100. The predicted molar refractivity (Wildman–Crippen MR) is 119 cm³/mol. The Labute approximate surface area is 208 Å². The maximum atomic E-state index is 13.1. The van der Waals surface area contributed by atoms with Crippen molar-refractivity contribution in [1.29, 1.82) is 0 Å². The van der Waals surface area contributed by atoms with Gasteiger partial charge in [0.15, 0.2) is 4.17 Å². The average Bonchev–Trinajstić information content (AvgIpc) is 3.09. The van der Waals surface area contributed by atoms with Crippen LogP contribution in [-0.2, 0) is 0 Å². The molecular formula is C18H8Cl4F2N2O4S2. The molecule has 168 valence electrons. The van der Waals surface area contributed by atoms with E-state index in [2.05, 4.69) is 0 Å². The largest absolute Gasteiger partial charge is 0.324 e. The lowest BCUT2D eigenvalue weighted by molar-refractivity contribution is 0.0228. The zero-order valence-electron chi connectivity index (χ0n) is 15.2. The number of hydrogen-bond acceptors (Lipinski definition) is 6. The summed E-state index contributed by atoms with van der Waals surface area (Å²) in [5.41, 5.74) is 0.493. The molecule has 0 spiro atoms. The number of benzene rings is 2. The molecule has 0 bridgehead atoms. The van der Waals surface area contributed by atoms with Crippen molar-refractivity contribution in [2.45, 2.75) is 13.0 Å². The third-order valence-corrected chi connectivity index (χ3v) is 6.44. The van der Waals surface area contributed by atoms with E-state index in [1.54, 1.807) is 24.3 Å². The number of hydrogen-bond donors (Lipinski definition) is 0. The fraction of sp³-hybridized carbons (Fsp3) is 0.111. The van der Waals surface area contributed by atoms with E-state index in [-0.39, 0.29) is 34.2 Å². The highest BCUT2D eigenvalue weighted by atomic mass is 35.5. The van der Waals surface area contributed by atoms with E-state index in [0.717, 1.165) is 11.8 Å². The molecule has 0 unspecified atom stereocenters. The van der Waals surface area contributed by atoms with Gasteiger partial charge in [0.1, 0.15) is 0 Å². The molecule has 6 nitrogen and oxygen atoms in total. The molecule has 2 aromatic carbocycles. The highest BCUT2D eigenvalue weighted by Gasteiger charge is 2.41. The van der Waals surface area contributed by atoms with E-state index in [4.69, 9.17) is 46.4 Å². The van der Waals surface area contributed by atoms with Crippen molar-refractivity contribution in [3.05, 3.63) is 64.7 Å². The van der Waals surface area contributed by atoms with Gasteiger partial charge in [0.2, 0.25) is 0 Å². The number of thioether (sulfide) groups is 1. The van der Waals surface area contributed by atoms with Crippen LogP contribution in [0.4, 0.5) is 8.87 Å². The van der Waals surface area contributed by atoms with E-state index in [9.17, 15) is 28.0 Å². The number of alkyl halides is 5. The number of amides is 4. The monoisotopic (exact) mass is 558 g/mol. The topological polar surface area (TPSA) is 74.8 Å². The SMILES string of the molecule is O=C1c2cccc(SC(Cl)Cl)c2C(=O)N1F.O=C1c2ccccc2C(=O)N1SC(F)(Cl)Cl. The molecule has 0 saturated carbocycles. The summed E-state index contributed by atoms with van der Waals surface area (Å²) in [6, 6.07) is 10.7. The van der Waals surface area contributed by atoms with Crippen LogP contribution < -0.4 is 0 Å². The Kier molecular flexibility index (Phi) is 7.63. The fourth-order valence-electron chi connectivity index (χ4n) is 2.77. The van der Waals surface area contributed by atoms with Gasteiger partial charge in [0.25, 0.3) is 23.6 Å². The average molecular weight is 560 g/mol. The van der Waals surface area contributed by atoms with Gasteiger partial charge < -0.3 is 0 Å². The van der Waals surface area contributed by atoms with Gasteiger partial charge in [-0.2, -0.15) is 4.39 Å². The fourth-order valence-corrected chi connectivity index (χ4v) is 5.00. The summed E-state index contributed by atoms with van der Waals surface area (Å²) < 4.78 is 23.1. The predicted octanol–water partition coefficient (Wildman–Crippen LogP) is 6.01. The summed E-state index contributed by atoms with van der Waals surface area (Å²) in [6.45, 7) is 0. The molecule has 4 rings (SSSR count). The minimum absolute atomic E-state index is 0.0197. The van der Waals surface area contributed by atoms with Crippen LogP contribution in [0.25, 0.3) is 0 Å². The molecule has 14 heteroatoms. The maximum absolute atomic E-state index is 13.1. The normalized spacial score (nSPS) is 15.2. The summed E-state index contributed by atoms with van der Waals surface area (Å²) in [6.07, 6.45) is 0. The van der Waals surface area contributed by atoms with Crippen molar-refractivity contribution in [1.82, 2.24) is 9.43 Å². The van der Waals surface area contributed by atoms with Crippen LogP contribution in [-0.4, -0.2) is 41.1 Å². The van der Waals surface area contributed by atoms with Crippen LogP contribution in [0.1, 0.15) is 41.4 Å². The molecule has 2 aliphatic heterocycles. The molecule has 0 aromatic heterocycles. The van der Waals surface area contributed by atoms with Gasteiger partial charge in [-0.25, -0.2) is 4.31 Å². The van der Waals surface area contributed by atoms with Crippen molar-refractivity contribution in [3.8, 4) is 0 Å². The standard InChI is InChI=1S/2C9H4Cl2FNO2S/c10-9(11,12)16-13-7(14)5-3-1-2-4-6(5)8(13)15;10-9(11)16-5-3-1-2-4-6(5)8(15)13(12)7(4)14/h1-4H;1-3,9H. The number of carbonyl (C=O) groups excluding carboxylic acids is 4. The van der Waals surface area contributed by atoms with Gasteiger partial charge in [0, 0.05) is 16.8 Å². The Morgan fingerprint density at radius 1 is 0.812 bits per heavy atom. The molecule has 2 heterocycles. The molecule has 32 heavy (non-hydrogen) atoms. The second-order valence-electron chi connectivity index (χ2n) is 5.94. The molecule has 0 fully saturated rings.